The second kappa shape index (κ2) is 6.94. The fourth-order valence-electron chi connectivity index (χ4n) is 4.47. The van der Waals surface area contributed by atoms with Crippen LogP contribution in [0.5, 0.6) is 0 Å². The number of piperidine rings is 1. The lowest BCUT2D eigenvalue weighted by Crippen LogP contribution is -2.53. The van der Waals surface area contributed by atoms with Crippen LogP contribution in [0.15, 0.2) is 60.7 Å². The van der Waals surface area contributed by atoms with Crippen molar-refractivity contribution in [3.8, 4) is 0 Å². The first-order chi connectivity index (χ1) is 12.6. The Hall–Kier alpha value is -2.62. The van der Waals surface area contributed by atoms with Crippen LogP contribution in [0.2, 0.25) is 0 Å². The van der Waals surface area contributed by atoms with E-state index in [2.05, 4.69) is 5.32 Å². The molecule has 1 saturated heterocycles. The molecule has 0 unspecified atom stereocenters. The third-order valence-corrected chi connectivity index (χ3v) is 5.77. The summed E-state index contributed by atoms with van der Waals surface area (Å²) < 4.78 is 0. The Balaban J connectivity index is 1.54. The molecule has 2 amide bonds. The maximum atomic E-state index is 13.1. The third kappa shape index (κ3) is 3.00. The summed E-state index contributed by atoms with van der Waals surface area (Å²) in [6, 6.07) is 19.0. The zero-order chi connectivity index (χ0) is 18.1. The van der Waals surface area contributed by atoms with Gasteiger partial charge < -0.3 is 10.2 Å². The van der Waals surface area contributed by atoms with Crippen molar-refractivity contribution < 1.29 is 9.59 Å². The molecule has 2 fully saturated rings. The molecule has 4 heteroatoms. The van der Waals surface area contributed by atoms with E-state index in [1.807, 2.05) is 72.5 Å². The maximum Gasteiger partial charge on any atom is 0.254 e. The van der Waals surface area contributed by atoms with Crippen LogP contribution in [0, 0.1) is 5.92 Å². The Bertz CT molecular complexity index is 790. The van der Waals surface area contributed by atoms with E-state index in [1.54, 1.807) is 0 Å². The SMILES string of the molecule is C[C@H](NC(=O)[C@@H]1[C@H]2CC[C@@H](C2)N1C(=O)c1ccccc1)c1ccccc1. The van der Waals surface area contributed by atoms with Crippen LogP contribution >= 0.6 is 0 Å². The van der Waals surface area contributed by atoms with E-state index in [1.165, 1.54) is 0 Å². The molecule has 1 saturated carbocycles. The average molecular weight is 348 g/mol. The Kier molecular flexibility index (Phi) is 4.49. The summed E-state index contributed by atoms with van der Waals surface area (Å²) in [4.78, 5) is 28.0. The summed E-state index contributed by atoms with van der Waals surface area (Å²) in [6.45, 7) is 1.99. The summed E-state index contributed by atoms with van der Waals surface area (Å²) in [7, 11) is 0. The van der Waals surface area contributed by atoms with Crippen LogP contribution in [-0.4, -0.2) is 28.8 Å². The Morgan fingerprint density at radius 2 is 1.65 bits per heavy atom. The molecule has 0 spiro atoms. The first kappa shape index (κ1) is 16.8. The minimum atomic E-state index is -0.354. The van der Waals surface area contributed by atoms with Crippen molar-refractivity contribution in [1.29, 1.82) is 0 Å². The van der Waals surface area contributed by atoms with E-state index in [4.69, 9.17) is 0 Å². The second-order valence-corrected chi connectivity index (χ2v) is 7.39. The van der Waals surface area contributed by atoms with Gasteiger partial charge in [-0.2, -0.15) is 0 Å². The Morgan fingerprint density at radius 3 is 2.35 bits per heavy atom. The summed E-state index contributed by atoms with van der Waals surface area (Å²) in [6.07, 6.45) is 2.97. The summed E-state index contributed by atoms with van der Waals surface area (Å²) in [5.74, 6) is 0.221. The van der Waals surface area contributed by atoms with E-state index in [0.29, 0.717) is 5.56 Å². The van der Waals surface area contributed by atoms with E-state index in [9.17, 15) is 9.59 Å². The number of amides is 2. The number of likely N-dealkylation sites (tertiary alicyclic amines) is 1. The van der Waals surface area contributed by atoms with Crippen molar-refractivity contribution in [3.63, 3.8) is 0 Å². The molecule has 4 nitrogen and oxygen atoms in total. The molecule has 0 radical (unpaired) electrons. The maximum absolute atomic E-state index is 13.1. The topological polar surface area (TPSA) is 49.4 Å². The van der Waals surface area contributed by atoms with Gasteiger partial charge in [0.25, 0.3) is 5.91 Å². The van der Waals surface area contributed by atoms with Crippen molar-refractivity contribution in [2.75, 3.05) is 0 Å². The van der Waals surface area contributed by atoms with Crippen molar-refractivity contribution in [3.05, 3.63) is 71.8 Å². The van der Waals surface area contributed by atoms with Crippen LogP contribution in [0.1, 0.15) is 48.1 Å². The molecule has 0 aromatic heterocycles. The quantitative estimate of drug-likeness (QED) is 0.918. The predicted octanol–water partition coefficient (Wildman–Crippen LogP) is 3.56. The van der Waals surface area contributed by atoms with Gasteiger partial charge in [-0.3, -0.25) is 9.59 Å². The van der Waals surface area contributed by atoms with Gasteiger partial charge in [-0.15, -0.1) is 0 Å². The standard InChI is InChI=1S/C22H24N2O2/c1-15(16-8-4-2-5-9-16)23-21(25)20-18-12-13-19(14-18)24(20)22(26)17-10-6-3-7-11-17/h2-11,15,18-20H,12-14H2,1H3,(H,23,25)/t15-,18-,19-,20-/m0/s1. The van der Waals surface area contributed by atoms with Gasteiger partial charge in [0.1, 0.15) is 6.04 Å². The molecule has 26 heavy (non-hydrogen) atoms. The Morgan fingerprint density at radius 1 is 1.00 bits per heavy atom. The van der Waals surface area contributed by atoms with Crippen molar-refractivity contribution >= 4 is 11.8 Å². The summed E-state index contributed by atoms with van der Waals surface area (Å²) in [5, 5.41) is 3.13. The number of hydrogen-bond acceptors (Lipinski definition) is 2. The van der Waals surface area contributed by atoms with Crippen LogP contribution in [0.4, 0.5) is 0 Å². The molecule has 4 rings (SSSR count). The van der Waals surface area contributed by atoms with Gasteiger partial charge in [0.15, 0.2) is 0 Å². The number of nitrogens with zero attached hydrogens (tertiary/aromatic N) is 1. The van der Waals surface area contributed by atoms with Gasteiger partial charge in [0.2, 0.25) is 5.91 Å². The highest BCUT2D eigenvalue weighted by atomic mass is 16.2. The molecule has 2 aromatic rings. The van der Waals surface area contributed by atoms with Gasteiger partial charge in [-0.1, -0.05) is 48.5 Å². The lowest BCUT2D eigenvalue weighted by atomic mass is 9.96. The fourth-order valence-corrected chi connectivity index (χ4v) is 4.47. The van der Waals surface area contributed by atoms with E-state index < -0.39 is 0 Å². The number of nitrogens with one attached hydrogen (secondary N) is 1. The zero-order valence-corrected chi connectivity index (χ0v) is 15.0. The molecule has 2 aliphatic rings. The molecule has 1 heterocycles. The van der Waals surface area contributed by atoms with Gasteiger partial charge in [-0.25, -0.2) is 0 Å². The normalized spacial score (nSPS) is 25.1. The highest BCUT2D eigenvalue weighted by Crippen LogP contribution is 2.43. The molecular weight excluding hydrogens is 324 g/mol. The first-order valence-corrected chi connectivity index (χ1v) is 9.38. The molecule has 1 N–H and O–H groups in total. The van der Waals surface area contributed by atoms with Crippen LogP contribution in [-0.2, 0) is 4.79 Å². The largest absolute Gasteiger partial charge is 0.348 e. The number of carbonyl (C=O) groups is 2. The number of rotatable bonds is 4. The number of hydrogen-bond donors (Lipinski definition) is 1. The number of benzene rings is 2. The molecule has 1 aliphatic heterocycles. The molecule has 2 bridgehead atoms. The minimum Gasteiger partial charge on any atom is -0.348 e. The van der Waals surface area contributed by atoms with Gasteiger partial charge in [-0.05, 0) is 49.8 Å². The van der Waals surface area contributed by atoms with Crippen LogP contribution in [0.3, 0.4) is 0 Å². The molecule has 2 aromatic carbocycles. The van der Waals surface area contributed by atoms with Crippen LogP contribution in [0.25, 0.3) is 0 Å². The number of carbonyl (C=O) groups excluding carboxylic acids is 2. The van der Waals surface area contributed by atoms with Crippen molar-refractivity contribution in [1.82, 2.24) is 10.2 Å². The van der Waals surface area contributed by atoms with Gasteiger partial charge in [0, 0.05) is 11.6 Å². The molecule has 134 valence electrons. The molecule has 4 atom stereocenters. The van der Waals surface area contributed by atoms with Gasteiger partial charge >= 0.3 is 0 Å². The number of fused-ring (bicyclic) bond motifs is 2. The summed E-state index contributed by atoms with van der Waals surface area (Å²) in [5.41, 5.74) is 1.74. The molecular formula is C22H24N2O2. The highest BCUT2D eigenvalue weighted by Gasteiger charge is 2.51. The second-order valence-electron chi connectivity index (χ2n) is 7.39. The Labute approximate surface area is 154 Å². The first-order valence-electron chi connectivity index (χ1n) is 9.38. The van der Waals surface area contributed by atoms with E-state index >= 15 is 0 Å². The van der Waals surface area contributed by atoms with Crippen LogP contribution < -0.4 is 5.32 Å². The minimum absolute atomic E-state index is 0.0229. The predicted molar refractivity (Wildman–Crippen MR) is 101 cm³/mol. The van der Waals surface area contributed by atoms with E-state index in [-0.39, 0.29) is 35.9 Å². The molecule has 1 aliphatic carbocycles. The van der Waals surface area contributed by atoms with Crippen molar-refractivity contribution in [2.24, 2.45) is 5.92 Å². The van der Waals surface area contributed by atoms with Crippen molar-refractivity contribution in [2.45, 2.75) is 44.3 Å². The van der Waals surface area contributed by atoms with E-state index in [0.717, 1.165) is 24.8 Å². The fraction of sp³-hybridized carbons (Fsp3) is 0.364. The highest BCUT2D eigenvalue weighted by molar-refractivity contribution is 5.98. The monoisotopic (exact) mass is 348 g/mol. The summed E-state index contributed by atoms with van der Waals surface area (Å²) >= 11 is 0. The smallest absolute Gasteiger partial charge is 0.254 e. The lowest BCUT2D eigenvalue weighted by molar-refractivity contribution is -0.127. The zero-order valence-electron chi connectivity index (χ0n) is 15.0. The average Bonchev–Trinajstić information content (AvgIpc) is 3.30. The lowest BCUT2D eigenvalue weighted by Gasteiger charge is -2.35. The third-order valence-electron chi connectivity index (χ3n) is 5.77. The van der Waals surface area contributed by atoms with Gasteiger partial charge in [0.05, 0.1) is 6.04 Å².